The van der Waals surface area contributed by atoms with Gasteiger partial charge in [0.05, 0.1) is 24.7 Å². The van der Waals surface area contributed by atoms with Crippen molar-refractivity contribution >= 4 is 35.1 Å². The number of rotatable bonds is 7. The van der Waals surface area contributed by atoms with Crippen LogP contribution >= 0.6 is 0 Å². The smallest absolute Gasteiger partial charge is 0.320 e. The summed E-state index contributed by atoms with van der Waals surface area (Å²) in [6.45, 7) is 1.49. The van der Waals surface area contributed by atoms with Crippen molar-refractivity contribution in [3.05, 3.63) is 53.8 Å². The lowest BCUT2D eigenvalue weighted by Crippen LogP contribution is -2.35. The maximum absolute atomic E-state index is 13.8. The van der Waals surface area contributed by atoms with Crippen molar-refractivity contribution in [1.82, 2.24) is 15.2 Å². The molecule has 3 aromatic rings. The lowest BCUT2D eigenvalue weighted by Gasteiger charge is -2.32. The third-order valence-electron chi connectivity index (χ3n) is 5.50. The molecule has 13 heteroatoms. The molecule has 1 aliphatic rings. The maximum atomic E-state index is 13.8. The molecule has 2 N–H and O–H groups in total. The zero-order valence-corrected chi connectivity index (χ0v) is 18.6. The van der Waals surface area contributed by atoms with Gasteiger partial charge in [-0.05, 0) is 30.9 Å². The number of aromatic nitrogens is 3. The number of amides is 1. The quantitative estimate of drug-likeness (QED) is 0.377. The lowest BCUT2D eigenvalue weighted by atomic mass is 9.93. The van der Waals surface area contributed by atoms with E-state index in [2.05, 4.69) is 30.7 Å². The van der Waals surface area contributed by atoms with E-state index in [1.807, 2.05) is 0 Å². The first kappa shape index (κ1) is 24.0. The number of hydrogen-bond donors (Lipinski definition) is 2. The molecule has 1 aromatic carbocycles. The second kappa shape index (κ2) is 10.4. The Morgan fingerprint density at radius 2 is 1.86 bits per heavy atom. The predicted molar refractivity (Wildman–Crippen MR) is 118 cm³/mol. The Balaban J connectivity index is 1.32. The minimum atomic E-state index is -1.35. The van der Waals surface area contributed by atoms with E-state index in [0.29, 0.717) is 24.2 Å². The van der Waals surface area contributed by atoms with Gasteiger partial charge in [-0.3, -0.25) is 9.59 Å². The molecule has 0 radical (unpaired) electrons. The molecule has 0 bridgehead atoms. The Bertz CT molecular complexity index is 1210. The van der Waals surface area contributed by atoms with Crippen molar-refractivity contribution in [2.24, 2.45) is 5.92 Å². The largest absolute Gasteiger partial charge is 0.469 e. The molecule has 1 aliphatic heterocycles. The first-order chi connectivity index (χ1) is 16.8. The van der Waals surface area contributed by atoms with Crippen molar-refractivity contribution in [2.45, 2.75) is 19.3 Å². The minimum Gasteiger partial charge on any atom is -0.469 e. The van der Waals surface area contributed by atoms with E-state index in [-0.39, 0.29) is 17.9 Å². The number of halogens is 3. The summed E-state index contributed by atoms with van der Waals surface area (Å²) in [5, 5.41) is 12.0. The van der Waals surface area contributed by atoms with Crippen molar-refractivity contribution < 1.29 is 31.9 Å². The van der Waals surface area contributed by atoms with Crippen LogP contribution in [0.4, 0.5) is 36.4 Å². The second-order valence-electron chi connectivity index (χ2n) is 7.85. The highest BCUT2D eigenvalue weighted by Crippen LogP contribution is 2.25. The predicted octanol–water partition coefficient (Wildman–Crippen LogP) is 3.66. The van der Waals surface area contributed by atoms with E-state index in [4.69, 9.17) is 9.15 Å². The van der Waals surface area contributed by atoms with Gasteiger partial charge in [-0.1, -0.05) is 5.10 Å². The molecule has 0 unspecified atom stereocenters. The molecule has 0 aliphatic carbocycles. The van der Waals surface area contributed by atoms with E-state index in [1.165, 1.54) is 13.3 Å². The number of carbonyl (C=O) groups excluding carboxylic acids is 2. The highest BCUT2D eigenvalue weighted by atomic mass is 19.2. The highest BCUT2D eigenvalue weighted by molar-refractivity contribution is 6.00. The number of carbonyl (C=O) groups is 2. The molecular formula is C22H21F3N6O4. The Morgan fingerprint density at radius 1 is 1.11 bits per heavy atom. The fourth-order valence-corrected chi connectivity index (χ4v) is 3.62. The summed E-state index contributed by atoms with van der Waals surface area (Å²) in [7, 11) is 1.38. The molecule has 2 aromatic heterocycles. The normalized spacial score (nSPS) is 14.0. The van der Waals surface area contributed by atoms with Crippen LogP contribution in [-0.2, 0) is 9.53 Å². The van der Waals surface area contributed by atoms with Crippen LogP contribution in [0, 0.1) is 23.4 Å². The number of ether oxygens (including phenoxy) is 1. The number of esters is 1. The fraction of sp³-hybridized carbons (Fsp3) is 0.318. The SMILES string of the molecule is COC(=O)CC1CCN(c2ccc(NC(=O)c3nnc(Nc4cc(F)c(F)cc4F)o3)cn2)CC1. The van der Waals surface area contributed by atoms with Gasteiger partial charge in [0.15, 0.2) is 11.6 Å². The van der Waals surface area contributed by atoms with Gasteiger partial charge in [-0.2, -0.15) is 0 Å². The van der Waals surface area contributed by atoms with Gasteiger partial charge in [0.1, 0.15) is 11.6 Å². The van der Waals surface area contributed by atoms with Crippen LogP contribution in [0.25, 0.3) is 0 Å². The number of hydrogen-bond acceptors (Lipinski definition) is 9. The Hall–Kier alpha value is -4.16. The fourth-order valence-electron chi connectivity index (χ4n) is 3.62. The zero-order chi connectivity index (χ0) is 24.9. The van der Waals surface area contributed by atoms with Crippen molar-refractivity contribution in [3.63, 3.8) is 0 Å². The molecular weight excluding hydrogens is 469 g/mol. The summed E-state index contributed by atoms with van der Waals surface area (Å²) < 4.78 is 50.0. The lowest BCUT2D eigenvalue weighted by molar-refractivity contribution is -0.141. The summed E-state index contributed by atoms with van der Waals surface area (Å²) in [5.41, 5.74) is -0.0627. The van der Waals surface area contributed by atoms with Crippen LogP contribution in [0.2, 0.25) is 0 Å². The molecule has 0 atom stereocenters. The van der Waals surface area contributed by atoms with Gasteiger partial charge in [0.2, 0.25) is 0 Å². The zero-order valence-electron chi connectivity index (χ0n) is 18.6. The van der Waals surface area contributed by atoms with Gasteiger partial charge in [-0.15, -0.1) is 5.10 Å². The summed E-state index contributed by atoms with van der Waals surface area (Å²) in [4.78, 5) is 30.3. The van der Waals surface area contributed by atoms with Gasteiger partial charge in [-0.25, -0.2) is 18.2 Å². The van der Waals surface area contributed by atoms with Gasteiger partial charge in [0, 0.05) is 31.6 Å². The average molecular weight is 490 g/mol. The topological polar surface area (TPSA) is 122 Å². The molecule has 0 saturated carbocycles. The Labute approximate surface area is 197 Å². The Morgan fingerprint density at radius 3 is 2.54 bits per heavy atom. The van der Waals surface area contributed by atoms with Crippen molar-refractivity contribution in [3.8, 4) is 0 Å². The molecule has 1 amide bonds. The molecule has 1 fully saturated rings. The number of nitrogens with zero attached hydrogens (tertiary/aromatic N) is 4. The number of piperidine rings is 1. The monoisotopic (exact) mass is 490 g/mol. The van der Waals surface area contributed by atoms with Crippen molar-refractivity contribution in [2.75, 3.05) is 35.7 Å². The van der Waals surface area contributed by atoms with Crippen LogP contribution in [0.5, 0.6) is 0 Å². The maximum Gasteiger partial charge on any atom is 0.320 e. The number of anilines is 4. The number of nitrogens with one attached hydrogen (secondary N) is 2. The van der Waals surface area contributed by atoms with Crippen LogP contribution < -0.4 is 15.5 Å². The van der Waals surface area contributed by atoms with Gasteiger partial charge >= 0.3 is 23.8 Å². The number of pyridine rings is 1. The molecule has 1 saturated heterocycles. The van der Waals surface area contributed by atoms with Crippen LogP contribution in [-0.4, -0.2) is 47.3 Å². The van der Waals surface area contributed by atoms with Gasteiger partial charge < -0.3 is 24.7 Å². The van der Waals surface area contributed by atoms with E-state index >= 15 is 0 Å². The molecule has 184 valence electrons. The minimum absolute atomic E-state index is 0.206. The second-order valence-corrected chi connectivity index (χ2v) is 7.85. The standard InChI is InChI=1S/C22H21F3N6O4/c1-34-19(32)8-12-4-6-31(7-5-12)18-3-2-13(11-26-18)27-20(33)21-29-30-22(35-21)28-17-10-15(24)14(23)9-16(17)25/h2-3,9-12H,4-8H2,1H3,(H,27,33)(H,28,30). The molecule has 0 spiro atoms. The van der Waals surface area contributed by atoms with E-state index in [1.54, 1.807) is 12.1 Å². The van der Waals surface area contributed by atoms with Crippen LogP contribution in [0.15, 0.2) is 34.9 Å². The van der Waals surface area contributed by atoms with E-state index in [0.717, 1.165) is 31.7 Å². The van der Waals surface area contributed by atoms with Crippen LogP contribution in [0.3, 0.4) is 0 Å². The summed E-state index contributed by atoms with van der Waals surface area (Å²) in [6, 6.07) is 3.98. The van der Waals surface area contributed by atoms with Gasteiger partial charge in [0.25, 0.3) is 0 Å². The van der Waals surface area contributed by atoms with E-state index < -0.39 is 34.9 Å². The molecule has 35 heavy (non-hydrogen) atoms. The highest BCUT2D eigenvalue weighted by Gasteiger charge is 2.23. The molecule has 3 heterocycles. The summed E-state index contributed by atoms with van der Waals surface area (Å²) in [6.07, 6.45) is 3.57. The average Bonchev–Trinajstić information content (AvgIpc) is 3.32. The number of benzene rings is 1. The third kappa shape index (κ3) is 5.86. The Kier molecular flexibility index (Phi) is 7.13. The third-order valence-corrected chi connectivity index (χ3v) is 5.50. The first-order valence-corrected chi connectivity index (χ1v) is 10.7. The molecule has 10 nitrogen and oxygen atoms in total. The summed E-state index contributed by atoms with van der Waals surface area (Å²) in [5.74, 6) is -4.06. The van der Waals surface area contributed by atoms with Crippen LogP contribution in [0.1, 0.15) is 29.9 Å². The molecule has 4 rings (SSSR count). The summed E-state index contributed by atoms with van der Waals surface area (Å²) >= 11 is 0. The van der Waals surface area contributed by atoms with Crippen molar-refractivity contribution in [1.29, 1.82) is 0 Å². The number of methoxy groups -OCH3 is 1. The first-order valence-electron chi connectivity index (χ1n) is 10.7. The van der Waals surface area contributed by atoms with E-state index in [9.17, 15) is 22.8 Å².